The molecule has 32 heavy (non-hydrogen) atoms. The van der Waals surface area contributed by atoms with E-state index in [4.69, 9.17) is 4.74 Å². The molecule has 3 aromatic rings. The van der Waals surface area contributed by atoms with E-state index in [-0.39, 0.29) is 12.5 Å². The zero-order chi connectivity index (χ0) is 23.3. The molecule has 0 fully saturated rings. The first-order valence-corrected chi connectivity index (χ1v) is 12.2. The first-order valence-electron chi connectivity index (χ1n) is 10.4. The van der Waals surface area contributed by atoms with Crippen LogP contribution in [0.1, 0.15) is 34.0 Å². The van der Waals surface area contributed by atoms with Crippen LogP contribution in [0.5, 0.6) is 5.75 Å². The van der Waals surface area contributed by atoms with Gasteiger partial charge in [0.05, 0.1) is 25.1 Å². The minimum Gasteiger partial charge on any atom is -0.494 e. The Bertz CT molecular complexity index is 1190. The second-order valence-corrected chi connectivity index (χ2v) is 9.57. The highest BCUT2D eigenvalue weighted by Gasteiger charge is 2.18. The number of carbonyl (C=O) groups is 1. The number of hydrogen-bond donors (Lipinski definition) is 1. The monoisotopic (exact) mass is 452 g/mol. The lowest BCUT2D eigenvalue weighted by Crippen LogP contribution is -2.29. The predicted octanol–water partition coefficient (Wildman–Crippen LogP) is 4.92. The van der Waals surface area contributed by atoms with Crippen molar-refractivity contribution in [2.75, 3.05) is 22.5 Å². The molecule has 0 aromatic heterocycles. The number of rotatable bonds is 8. The number of aryl methyl sites for hydroxylation is 2. The highest BCUT2D eigenvalue weighted by atomic mass is 32.2. The van der Waals surface area contributed by atoms with E-state index in [1.165, 1.54) is 10.6 Å². The number of nitrogens with zero attached hydrogens (tertiary/aromatic N) is 1. The van der Waals surface area contributed by atoms with E-state index in [0.717, 1.165) is 22.4 Å². The van der Waals surface area contributed by atoms with Crippen molar-refractivity contribution in [3.8, 4) is 5.75 Å². The van der Waals surface area contributed by atoms with Gasteiger partial charge in [0, 0.05) is 11.3 Å². The molecular weight excluding hydrogens is 424 g/mol. The molecule has 3 aromatic carbocycles. The smallest absolute Gasteiger partial charge is 0.255 e. The topological polar surface area (TPSA) is 75.7 Å². The number of benzene rings is 3. The SMILES string of the molecule is CCOc1ccc(N(Cc2ccc(C(=O)Nc3cc(C)ccc3C)cc2)S(C)(=O)=O)cc1. The number of hydrogen-bond acceptors (Lipinski definition) is 4. The van der Waals surface area contributed by atoms with Crippen LogP contribution in [0.15, 0.2) is 66.7 Å². The number of anilines is 2. The molecule has 0 unspecified atom stereocenters. The van der Waals surface area contributed by atoms with E-state index >= 15 is 0 Å². The minimum absolute atomic E-state index is 0.158. The zero-order valence-corrected chi connectivity index (χ0v) is 19.6. The first-order chi connectivity index (χ1) is 15.2. The third-order valence-corrected chi connectivity index (χ3v) is 6.16. The molecule has 0 aliphatic carbocycles. The fourth-order valence-corrected chi connectivity index (χ4v) is 4.16. The Morgan fingerprint density at radius 3 is 2.22 bits per heavy atom. The lowest BCUT2D eigenvalue weighted by atomic mass is 10.1. The van der Waals surface area contributed by atoms with Crippen molar-refractivity contribution in [1.29, 1.82) is 0 Å². The van der Waals surface area contributed by atoms with E-state index < -0.39 is 10.0 Å². The van der Waals surface area contributed by atoms with Gasteiger partial charge in [0.1, 0.15) is 5.75 Å². The molecule has 7 heteroatoms. The highest BCUT2D eigenvalue weighted by molar-refractivity contribution is 7.92. The number of ether oxygens (including phenoxy) is 1. The summed E-state index contributed by atoms with van der Waals surface area (Å²) in [6.07, 6.45) is 1.18. The third kappa shape index (κ3) is 5.88. The van der Waals surface area contributed by atoms with Crippen LogP contribution in [0, 0.1) is 13.8 Å². The molecule has 0 aliphatic heterocycles. The van der Waals surface area contributed by atoms with Gasteiger partial charge in [0.25, 0.3) is 5.91 Å². The zero-order valence-electron chi connectivity index (χ0n) is 18.8. The third-order valence-electron chi connectivity index (χ3n) is 5.02. The Morgan fingerprint density at radius 2 is 1.62 bits per heavy atom. The summed E-state index contributed by atoms with van der Waals surface area (Å²) in [4.78, 5) is 12.6. The number of carbonyl (C=O) groups excluding carboxylic acids is 1. The molecule has 1 amide bonds. The maximum absolute atomic E-state index is 12.6. The van der Waals surface area contributed by atoms with Crippen LogP contribution in [-0.2, 0) is 16.6 Å². The van der Waals surface area contributed by atoms with Crippen LogP contribution in [0.2, 0.25) is 0 Å². The molecule has 0 bridgehead atoms. The lowest BCUT2D eigenvalue weighted by Gasteiger charge is -2.23. The molecule has 1 N–H and O–H groups in total. The van der Waals surface area contributed by atoms with Crippen molar-refractivity contribution in [2.24, 2.45) is 0 Å². The molecule has 0 saturated carbocycles. The summed E-state index contributed by atoms with van der Waals surface area (Å²) >= 11 is 0. The van der Waals surface area contributed by atoms with Crippen LogP contribution < -0.4 is 14.4 Å². The number of nitrogens with one attached hydrogen (secondary N) is 1. The Hall–Kier alpha value is -3.32. The van der Waals surface area contributed by atoms with E-state index in [1.807, 2.05) is 39.0 Å². The van der Waals surface area contributed by atoms with Crippen LogP contribution in [-0.4, -0.2) is 27.2 Å². The van der Waals surface area contributed by atoms with Gasteiger partial charge in [-0.25, -0.2) is 8.42 Å². The summed E-state index contributed by atoms with van der Waals surface area (Å²) in [5.41, 5.74) is 4.65. The largest absolute Gasteiger partial charge is 0.494 e. The summed E-state index contributed by atoms with van der Waals surface area (Å²) in [6.45, 7) is 6.51. The summed E-state index contributed by atoms with van der Waals surface area (Å²) in [6, 6.07) is 19.8. The Labute approximate surface area is 189 Å². The van der Waals surface area contributed by atoms with E-state index in [0.29, 0.717) is 23.6 Å². The molecule has 6 nitrogen and oxygen atoms in total. The number of sulfonamides is 1. The van der Waals surface area contributed by atoms with Crippen molar-refractivity contribution in [1.82, 2.24) is 0 Å². The van der Waals surface area contributed by atoms with Crippen LogP contribution in [0.3, 0.4) is 0 Å². The van der Waals surface area contributed by atoms with Crippen LogP contribution in [0.4, 0.5) is 11.4 Å². The van der Waals surface area contributed by atoms with E-state index in [2.05, 4.69) is 5.32 Å². The van der Waals surface area contributed by atoms with Crippen molar-refractivity contribution in [3.63, 3.8) is 0 Å². The van der Waals surface area contributed by atoms with Crippen LogP contribution in [0.25, 0.3) is 0 Å². The Kier molecular flexibility index (Phi) is 7.20. The van der Waals surface area contributed by atoms with Gasteiger partial charge in [0.2, 0.25) is 10.0 Å². The van der Waals surface area contributed by atoms with Crippen molar-refractivity contribution in [2.45, 2.75) is 27.3 Å². The lowest BCUT2D eigenvalue weighted by molar-refractivity contribution is 0.102. The summed E-state index contributed by atoms with van der Waals surface area (Å²) < 4.78 is 31.6. The van der Waals surface area contributed by atoms with Crippen molar-refractivity contribution in [3.05, 3.63) is 89.0 Å². The molecule has 0 spiro atoms. The molecular formula is C25H28N2O4S. The van der Waals surface area contributed by atoms with Gasteiger partial charge in [-0.2, -0.15) is 0 Å². The second-order valence-electron chi connectivity index (χ2n) is 7.67. The van der Waals surface area contributed by atoms with Gasteiger partial charge in [-0.15, -0.1) is 0 Å². The molecule has 0 radical (unpaired) electrons. The number of amides is 1. The summed E-state index contributed by atoms with van der Waals surface area (Å²) in [7, 11) is -3.50. The molecule has 0 saturated heterocycles. The van der Waals surface area contributed by atoms with Gasteiger partial charge in [0.15, 0.2) is 0 Å². The maximum atomic E-state index is 12.6. The average molecular weight is 453 g/mol. The standard InChI is InChI=1S/C25H28N2O4S/c1-5-31-23-14-12-22(13-15-23)27(32(4,29)30)17-20-8-10-21(11-9-20)25(28)26-24-16-18(2)6-7-19(24)3/h6-16H,5,17H2,1-4H3,(H,26,28). The van der Waals surface area contributed by atoms with Crippen LogP contribution >= 0.6 is 0 Å². The Morgan fingerprint density at radius 1 is 0.969 bits per heavy atom. The second kappa shape index (κ2) is 9.87. The normalized spacial score (nSPS) is 11.1. The average Bonchev–Trinajstić information content (AvgIpc) is 2.75. The molecule has 0 atom stereocenters. The van der Waals surface area contributed by atoms with Gasteiger partial charge < -0.3 is 10.1 Å². The van der Waals surface area contributed by atoms with Gasteiger partial charge in [-0.1, -0.05) is 24.3 Å². The van der Waals surface area contributed by atoms with E-state index in [9.17, 15) is 13.2 Å². The first kappa shape index (κ1) is 23.3. The Balaban J connectivity index is 1.76. The summed E-state index contributed by atoms with van der Waals surface area (Å²) in [5, 5.41) is 2.94. The maximum Gasteiger partial charge on any atom is 0.255 e. The van der Waals surface area contributed by atoms with E-state index in [1.54, 1.807) is 48.5 Å². The fourth-order valence-electron chi connectivity index (χ4n) is 3.27. The van der Waals surface area contributed by atoms with Gasteiger partial charge in [-0.3, -0.25) is 9.10 Å². The van der Waals surface area contributed by atoms with Crippen molar-refractivity contribution < 1.29 is 17.9 Å². The predicted molar refractivity (Wildman–Crippen MR) is 129 cm³/mol. The molecule has 0 heterocycles. The van der Waals surface area contributed by atoms with Gasteiger partial charge >= 0.3 is 0 Å². The minimum atomic E-state index is -3.50. The van der Waals surface area contributed by atoms with Crippen molar-refractivity contribution >= 4 is 27.3 Å². The molecule has 168 valence electrons. The highest BCUT2D eigenvalue weighted by Crippen LogP contribution is 2.24. The van der Waals surface area contributed by atoms with Gasteiger partial charge in [-0.05, 0) is 79.9 Å². The quantitative estimate of drug-likeness (QED) is 0.526. The fraction of sp³-hybridized carbons (Fsp3) is 0.240. The summed E-state index contributed by atoms with van der Waals surface area (Å²) in [5.74, 6) is 0.473. The molecule has 0 aliphatic rings. The molecule has 3 rings (SSSR count).